The molecule has 262 valence electrons. The summed E-state index contributed by atoms with van der Waals surface area (Å²) in [5.41, 5.74) is 3.20. The lowest BCUT2D eigenvalue weighted by Crippen LogP contribution is -2.46. The van der Waals surface area contributed by atoms with Gasteiger partial charge in [0.2, 0.25) is 0 Å². The second kappa shape index (κ2) is 16.5. The summed E-state index contributed by atoms with van der Waals surface area (Å²) >= 11 is 8.20. The zero-order chi connectivity index (χ0) is 35.7. The topological polar surface area (TPSA) is 95.0 Å². The van der Waals surface area contributed by atoms with Gasteiger partial charge in [0.1, 0.15) is 17.3 Å². The number of anilines is 2. The molecular formula is C38H36ClFN6O4S. The fourth-order valence-electron chi connectivity index (χ4n) is 5.51. The van der Waals surface area contributed by atoms with Gasteiger partial charge in [-0.15, -0.1) is 11.3 Å². The average Bonchev–Trinajstić information content (AvgIpc) is 3.70. The van der Waals surface area contributed by atoms with Crippen molar-refractivity contribution < 1.29 is 23.3 Å². The molecule has 51 heavy (non-hydrogen) atoms. The summed E-state index contributed by atoms with van der Waals surface area (Å²) in [7, 11) is 6.27. The van der Waals surface area contributed by atoms with E-state index >= 15 is 4.39 Å². The van der Waals surface area contributed by atoms with Gasteiger partial charge in [-0.1, -0.05) is 48.0 Å². The van der Waals surface area contributed by atoms with Crippen molar-refractivity contribution in [1.82, 2.24) is 19.9 Å². The highest BCUT2D eigenvalue weighted by Gasteiger charge is 2.25. The monoisotopic (exact) mass is 726 g/mol. The highest BCUT2D eigenvalue weighted by molar-refractivity contribution is 7.09. The number of ether oxygens (including phenoxy) is 4. The van der Waals surface area contributed by atoms with Gasteiger partial charge >= 0.3 is 12.0 Å². The van der Waals surface area contributed by atoms with Crippen LogP contribution in [-0.4, -0.2) is 61.5 Å². The van der Waals surface area contributed by atoms with Crippen molar-refractivity contribution in [3.63, 3.8) is 0 Å². The Morgan fingerprint density at radius 2 is 1.18 bits per heavy atom. The van der Waals surface area contributed by atoms with Crippen molar-refractivity contribution in [3.05, 3.63) is 118 Å². The number of thiophene rings is 1. The highest BCUT2D eigenvalue weighted by Crippen LogP contribution is 2.33. The zero-order valence-electron chi connectivity index (χ0n) is 28.5. The fraction of sp³-hybridized carbons (Fsp3) is 0.211. The lowest BCUT2D eigenvalue weighted by atomic mass is 10.1. The Kier molecular flexibility index (Phi) is 11.4. The van der Waals surface area contributed by atoms with Crippen molar-refractivity contribution in [2.75, 3.05) is 51.5 Å². The minimum absolute atomic E-state index is 0.148. The number of halogens is 2. The van der Waals surface area contributed by atoms with E-state index < -0.39 is 5.82 Å². The van der Waals surface area contributed by atoms with Crippen LogP contribution in [0.25, 0.3) is 22.5 Å². The third-order valence-electron chi connectivity index (χ3n) is 8.09. The van der Waals surface area contributed by atoms with Gasteiger partial charge in [-0.2, -0.15) is 19.9 Å². The second-order valence-corrected chi connectivity index (χ2v) is 12.6. The van der Waals surface area contributed by atoms with Crippen LogP contribution in [0.15, 0.2) is 96.4 Å². The Morgan fingerprint density at radius 1 is 0.627 bits per heavy atom. The number of methoxy groups -OCH3 is 4. The predicted molar refractivity (Wildman–Crippen MR) is 199 cm³/mol. The molecule has 0 radical (unpaired) electrons. The van der Waals surface area contributed by atoms with E-state index in [1.807, 2.05) is 82.1 Å². The van der Waals surface area contributed by atoms with E-state index in [0.29, 0.717) is 58.1 Å². The number of hydrogen-bond donors (Lipinski definition) is 0. The quantitative estimate of drug-likeness (QED) is 0.0964. The lowest BCUT2D eigenvalue weighted by molar-refractivity contribution is 0.378. The molecule has 3 aromatic carbocycles. The molecule has 0 aliphatic rings. The standard InChI is InChI=1S/C38H36ClFN6O4S/c1-47-27-11-5-9-25(21-27)33-23-35(43-37(41-33)49-3)45(18-16-29-13-8-20-51-29)46(19-17-30-31(39)14-7-15-32(30)40)36-24-34(42-38(44-36)50-4)26-10-6-12-28(22-26)48-2/h5-15,20-24H,16-19H2,1-4H3. The summed E-state index contributed by atoms with van der Waals surface area (Å²) in [6.07, 6.45) is 0.910. The maximum Gasteiger partial charge on any atom is 0.318 e. The third-order valence-corrected chi connectivity index (χ3v) is 9.38. The zero-order valence-corrected chi connectivity index (χ0v) is 30.1. The normalized spacial score (nSPS) is 10.9. The number of hydrazine groups is 1. The minimum atomic E-state index is -0.395. The minimum Gasteiger partial charge on any atom is -0.497 e. The first-order chi connectivity index (χ1) is 24.9. The molecule has 0 saturated heterocycles. The van der Waals surface area contributed by atoms with Crippen LogP contribution in [0.4, 0.5) is 16.0 Å². The summed E-state index contributed by atoms with van der Waals surface area (Å²) in [4.78, 5) is 20.2. The van der Waals surface area contributed by atoms with E-state index in [0.717, 1.165) is 11.1 Å². The number of benzene rings is 3. The molecule has 0 aliphatic carbocycles. The first kappa shape index (κ1) is 35.4. The van der Waals surface area contributed by atoms with Crippen molar-refractivity contribution in [1.29, 1.82) is 0 Å². The first-order valence-electron chi connectivity index (χ1n) is 16.0. The van der Waals surface area contributed by atoms with Crippen LogP contribution in [0.5, 0.6) is 23.5 Å². The van der Waals surface area contributed by atoms with Crippen LogP contribution in [0, 0.1) is 5.82 Å². The molecule has 13 heteroatoms. The van der Waals surface area contributed by atoms with Gasteiger partial charge in [-0.3, -0.25) is 10.0 Å². The maximum absolute atomic E-state index is 15.2. The van der Waals surface area contributed by atoms with E-state index in [4.69, 9.17) is 40.5 Å². The van der Waals surface area contributed by atoms with Crippen LogP contribution in [0.2, 0.25) is 5.02 Å². The summed E-state index contributed by atoms with van der Waals surface area (Å²) in [5, 5.41) is 6.32. The molecule has 0 N–H and O–H groups in total. The van der Waals surface area contributed by atoms with Crippen LogP contribution >= 0.6 is 22.9 Å². The molecule has 3 heterocycles. The van der Waals surface area contributed by atoms with Crippen molar-refractivity contribution in [3.8, 4) is 46.0 Å². The predicted octanol–water partition coefficient (Wildman–Crippen LogP) is 8.20. The average molecular weight is 727 g/mol. The van der Waals surface area contributed by atoms with E-state index in [1.54, 1.807) is 37.7 Å². The van der Waals surface area contributed by atoms with Crippen LogP contribution in [0.1, 0.15) is 10.4 Å². The fourth-order valence-corrected chi connectivity index (χ4v) is 6.47. The number of hydrogen-bond acceptors (Lipinski definition) is 11. The Hall–Kier alpha value is -5.46. The molecule has 3 aromatic heterocycles. The van der Waals surface area contributed by atoms with Crippen molar-refractivity contribution in [2.45, 2.75) is 12.8 Å². The number of rotatable bonds is 15. The van der Waals surface area contributed by atoms with Gasteiger partial charge in [-0.05, 0) is 54.3 Å². The molecule has 0 amide bonds. The smallest absolute Gasteiger partial charge is 0.318 e. The summed E-state index contributed by atoms with van der Waals surface area (Å²) in [6.45, 7) is 0.716. The van der Waals surface area contributed by atoms with E-state index in [1.165, 1.54) is 25.2 Å². The van der Waals surface area contributed by atoms with Gasteiger partial charge in [-0.25, -0.2) is 4.39 Å². The number of aromatic nitrogens is 4. The Balaban J connectivity index is 1.53. The number of nitrogens with zero attached hydrogens (tertiary/aromatic N) is 6. The lowest BCUT2D eigenvalue weighted by Gasteiger charge is -2.37. The van der Waals surface area contributed by atoms with Gasteiger partial charge in [0.05, 0.1) is 39.8 Å². The van der Waals surface area contributed by atoms with Gasteiger partial charge in [0.25, 0.3) is 0 Å². The second-order valence-electron chi connectivity index (χ2n) is 11.2. The molecule has 6 rings (SSSR count). The van der Waals surface area contributed by atoms with Gasteiger partial charge in [0.15, 0.2) is 11.6 Å². The van der Waals surface area contributed by atoms with E-state index in [-0.39, 0.29) is 25.0 Å². The Labute approximate surface area is 305 Å². The van der Waals surface area contributed by atoms with Crippen LogP contribution < -0.4 is 29.0 Å². The van der Waals surface area contributed by atoms with Crippen molar-refractivity contribution in [2.24, 2.45) is 0 Å². The third kappa shape index (κ3) is 8.47. The molecular weight excluding hydrogens is 691 g/mol. The van der Waals surface area contributed by atoms with Crippen LogP contribution in [-0.2, 0) is 12.8 Å². The maximum atomic E-state index is 15.2. The SMILES string of the molecule is COc1cccc(-c2cc(N(CCc3cccs3)N(CCc3c(F)cccc3Cl)c3cc(-c4cccc(OC)c4)nc(OC)n3)nc(OC)n2)c1. The van der Waals surface area contributed by atoms with Gasteiger partial charge in [0, 0.05) is 58.2 Å². The molecule has 0 saturated carbocycles. The molecule has 0 aliphatic heterocycles. The Bertz CT molecular complexity index is 2070. The van der Waals surface area contributed by atoms with Crippen LogP contribution in [0.3, 0.4) is 0 Å². The summed E-state index contributed by atoms with van der Waals surface area (Å²) in [6, 6.07) is 28.0. The molecule has 0 atom stereocenters. The molecule has 0 fully saturated rings. The van der Waals surface area contributed by atoms with Crippen molar-refractivity contribution >= 4 is 34.6 Å². The Morgan fingerprint density at radius 3 is 1.67 bits per heavy atom. The molecule has 0 bridgehead atoms. The summed E-state index contributed by atoms with van der Waals surface area (Å²) in [5.74, 6) is 1.97. The van der Waals surface area contributed by atoms with Gasteiger partial charge < -0.3 is 18.9 Å². The molecule has 0 unspecified atom stereocenters. The van der Waals surface area contributed by atoms with E-state index in [9.17, 15) is 0 Å². The largest absolute Gasteiger partial charge is 0.497 e. The highest BCUT2D eigenvalue weighted by atomic mass is 35.5. The first-order valence-corrected chi connectivity index (χ1v) is 17.3. The molecule has 10 nitrogen and oxygen atoms in total. The molecule has 6 aromatic rings. The summed E-state index contributed by atoms with van der Waals surface area (Å²) < 4.78 is 37.5. The van der Waals surface area contributed by atoms with E-state index in [2.05, 4.69) is 16.0 Å². The molecule has 0 spiro atoms.